The summed E-state index contributed by atoms with van der Waals surface area (Å²) in [5.74, 6) is 2.16. The van der Waals surface area contributed by atoms with Crippen molar-refractivity contribution in [1.29, 1.82) is 0 Å². The Hall–Kier alpha value is 0. The van der Waals surface area contributed by atoms with E-state index in [2.05, 4.69) is 0 Å². The summed E-state index contributed by atoms with van der Waals surface area (Å²) in [6, 6.07) is 0. The minimum absolute atomic E-state index is 1.08. The molecule has 0 N–H and O–H groups in total. The van der Waals surface area contributed by atoms with Crippen molar-refractivity contribution in [1.82, 2.24) is 0 Å². The second-order valence-electron chi connectivity index (χ2n) is 9.12. The number of unbranched alkanes of at least 4 members (excludes halogenated alkanes) is 2. The molecule has 2 aliphatic carbocycles. The molecule has 24 heavy (non-hydrogen) atoms. The second kappa shape index (κ2) is 14.2. The third kappa shape index (κ3) is 10.1. The van der Waals surface area contributed by atoms with E-state index in [-0.39, 0.29) is 0 Å². The maximum Gasteiger partial charge on any atom is -0.0414 e. The molecule has 0 unspecified atom stereocenters. The lowest BCUT2D eigenvalue weighted by Crippen LogP contribution is -2.03. The minimum Gasteiger partial charge on any atom is -0.0533 e. The average molecular weight is 335 g/mol. The normalized spacial score (nSPS) is 24.0. The van der Waals surface area contributed by atoms with Gasteiger partial charge in [-0.25, -0.2) is 0 Å². The van der Waals surface area contributed by atoms with Crippen molar-refractivity contribution in [2.24, 2.45) is 11.8 Å². The van der Waals surface area contributed by atoms with Crippen molar-refractivity contribution in [3.63, 3.8) is 0 Å². The molecule has 0 aromatic heterocycles. The van der Waals surface area contributed by atoms with Crippen LogP contribution in [0.3, 0.4) is 0 Å². The van der Waals surface area contributed by atoms with Gasteiger partial charge in [-0.2, -0.15) is 0 Å². The van der Waals surface area contributed by atoms with Crippen LogP contribution >= 0.6 is 0 Å². The van der Waals surface area contributed by atoms with Crippen LogP contribution in [0.15, 0.2) is 0 Å². The van der Waals surface area contributed by atoms with Crippen molar-refractivity contribution < 1.29 is 0 Å². The predicted molar refractivity (Wildman–Crippen MR) is 109 cm³/mol. The van der Waals surface area contributed by atoms with E-state index >= 15 is 0 Å². The third-order valence-electron chi connectivity index (χ3n) is 6.92. The Labute approximate surface area is 153 Å². The first kappa shape index (κ1) is 20.3. The predicted octanol–water partition coefficient (Wildman–Crippen LogP) is 8.83. The standard InChI is InChI=1S/C24H46/c1-2-6-11-17-23(18-12-7-3-1)21-15-10-16-22-24-19-13-8-4-5-9-14-20-24/h23-24H,1-22H2. The Kier molecular flexibility index (Phi) is 12.0. The smallest absolute Gasteiger partial charge is 0.0414 e. The molecule has 2 saturated carbocycles. The molecule has 142 valence electrons. The van der Waals surface area contributed by atoms with Gasteiger partial charge in [-0.1, -0.05) is 141 Å². The first-order valence-corrected chi connectivity index (χ1v) is 11.9. The fourth-order valence-corrected chi connectivity index (χ4v) is 5.23. The lowest BCUT2D eigenvalue weighted by atomic mass is 9.87. The summed E-state index contributed by atoms with van der Waals surface area (Å²) in [7, 11) is 0. The van der Waals surface area contributed by atoms with Crippen molar-refractivity contribution in [3.8, 4) is 0 Å². The van der Waals surface area contributed by atoms with Gasteiger partial charge in [-0.05, 0) is 11.8 Å². The van der Waals surface area contributed by atoms with Crippen LogP contribution in [0.25, 0.3) is 0 Å². The quantitative estimate of drug-likeness (QED) is 0.425. The van der Waals surface area contributed by atoms with Gasteiger partial charge in [0.1, 0.15) is 0 Å². The molecule has 2 aliphatic rings. The Morgan fingerprint density at radius 3 is 0.958 bits per heavy atom. The first-order chi connectivity index (χ1) is 11.9. The highest BCUT2D eigenvalue weighted by molar-refractivity contribution is 4.66. The Balaban J connectivity index is 1.52. The molecule has 0 heterocycles. The van der Waals surface area contributed by atoms with Gasteiger partial charge >= 0.3 is 0 Å². The average Bonchev–Trinajstić information content (AvgIpc) is 2.74. The van der Waals surface area contributed by atoms with Crippen LogP contribution in [-0.4, -0.2) is 0 Å². The topological polar surface area (TPSA) is 0 Å². The summed E-state index contributed by atoms with van der Waals surface area (Å²) >= 11 is 0. The van der Waals surface area contributed by atoms with E-state index in [1.807, 2.05) is 0 Å². The molecule has 0 spiro atoms. The molecule has 0 radical (unpaired) electrons. The van der Waals surface area contributed by atoms with E-state index in [1.54, 1.807) is 38.5 Å². The number of hydrogen-bond donors (Lipinski definition) is 0. The van der Waals surface area contributed by atoms with E-state index in [1.165, 1.54) is 103 Å². The minimum atomic E-state index is 1.08. The zero-order valence-corrected chi connectivity index (χ0v) is 16.7. The molecule has 2 fully saturated rings. The largest absolute Gasteiger partial charge is 0.0533 e. The maximum atomic E-state index is 1.55. The van der Waals surface area contributed by atoms with Gasteiger partial charge in [0.25, 0.3) is 0 Å². The van der Waals surface area contributed by atoms with E-state index in [4.69, 9.17) is 0 Å². The fourth-order valence-electron chi connectivity index (χ4n) is 5.23. The molecule has 0 aromatic carbocycles. The molecule has 0 amide bonds. The van der Waals surface area contributed by atoms with E-state index < -0.39 is 0 Å². The molecule has 0 aromatic rings. The Morgan fingerprint density at radius 1 is 0.333 bits per heavy atom. The van der Waals surface area contributed by atoms with Crippen LogP contribution in [0.5, 0.6) is 0 Å². The van der Waals surface area contributed by atoms with Crippen molar-refractivity contribution in [3.05, 3.63) is 0 Å². The van der Waals surface area contributed by atoms with Crippen molar-refractivity contribution in [2.75, 3.05) is 0 Å². The summed E-state index contributed by atoms with van der Waals surface area (Å²) < 4.78 is 0. The Bertz CT molecular complexity index is 249. The molecule has 0 bridgehead atoms. The second-order valence-corrected chi connectivity index (χ2v) is 9.12. The van der Waals surface area contributed by atoms with Gasteiger partial charge in [-0.15, -0.1) is 0 Å². The highest BCUT2D eigenvalue weighted by Crippen LogP contribution is 2.28. The van der Waals surface area contributed by atoms with Crippen LogP contribution in [-0.2, 0) is 0 Å². The van der Waals surface area contributed by atoms with Crippen molar-refractivity contribution in [2.45, 2.75) is 141 Å². The van der Waals surface area contributed by atoms with E-state index in [9.17, 15) is 0 Å². The Morgan fingerprint density at radius 2 is 0.625 bits per heavy atom. The lowest BCUT2D eigenvalue weighted by molar-refractivity contribution is 0.345. The van der Waals surface area contributed by atoms with Crippen LogP contribution < -0.4 is 0 Å². The van der Waals surface area contributed by atoms with Gasteiger partial charge in [0, 0.05) is 0 Å². The van der Waals surface area contributed by atoms with E-state index in [0.29, 0.717) is 0 Å². The molecule has 2 rings (SSSR count). The molecule has 0 nitrogen and oxygen atoms in total. The summed E-state index contributed by atoms with van der Waals surface area (Å²) in [6.45, 7) is 0. The van der Waals surface area contributed by atoms with Crippen LogP contribution in [0.2, 0.25) is 0 Å². The fraction of sp³-hybridized carbons (Fsp3) is 1.00. The zero-order valence-electron chi connectivity index (χ0n) is 16.7. The van der Waals surface area contributed by atoms with Crippen LogP contribution in [0, 0.1) is 11.8 Å². The van der Waals surface area contributed by atoms with Gasteiger partial charge in [0.15, 0.2) is 0 Å². The van der Waals surface area contributed by atoms with Crippen molar-refractivity contribution >= 4 is 0 Å². The van der Waals surface area contributed by atoms with E-state index in [0.717, 1.165) is 11.8 Å². The van der Waals surface area contributed by atoms with Crippen LogP contribution in [0.4, 0.5) is 0 Å². The summed E-state index contributed by atoms with van der Waals surface area (Å²) in [5, 5.41) is 0. The van der Waals surface area contributed by atoms with Gasteiger partial charge < -0.3 is 0 Å². The molecule has 0 heteroatoms. The molecule has 0 aliphatic heterocycles. The first-order valence-electron chi connectivity index (χ1n) is 11.9. The van der Waals surface area contributed by atoms with Gasteiger partial charge in [0.05, 0.1) is 0 Å². The summed E-state index contributed by atoms with van der Waals surface area (Å²) in [4.78, 5) is 0. The summed E-state index contributed by atoms with van der Waals surface area (Å²) in [5.41, 5.74) is 0. The molecule has 0 atom stereocenters. The number of hydrogen-bond acceptors (Lipinski definition) is 0. The lowest BCUT2D eigenvalue weighted by Gasteiger charge is -2.19. The monoisotopic (exact) mass is 334 g/mol. The maximum absolute atomic E-state index is 1.55. The molecule has 0 saturated heterocycles. The van der Waals surface area contributed by atoms with Gasteiger partial charge in [-0.3, -0.25) is 0 Å². The third-order valence-corrected chi connectivity index (χ3v) is 6.92. The molecular formula is C24H46. The highest BCUT2D eigenvalue weighted by atomic mass is 14.2. The summed E-state index contributed by atoms with van der Waals surface area (Å²) in [6.07, 6.45) is 33.5. The van der Waals surface area contributed by atoms with Gasteiger partial charge in [0.2, 0.25) is 0 Å². The SMILES string of the molecule is C1CCCCC(CCCCCC2CCCCCCCC2)CCCC1. The van der Waals surface area contributed by atoms with Crippen LogP contribution in [0.1, 0.15) is 141 Å². The zero-order chi connectivity index (χ0) is 16.7. The highest BCUT2D eigenvalue weighted by Gasteiger charge is 2.12. The molecular weight excluding hydrogens is 288 g/mol. The number of rotatable bonds is 6.